The fourth-order valence-corrected chi connectivity index (χ4v) is 7.98. The number of nitrogens with zero attached hydrogens (tertiary/aromatic N) is 1. The number of likely N-dealkylation sites (tertiary alicyclic amines) is 1. The zero-order valence-electron chi connectivity index (χ0n) is 15.9. The molecule has 4 rings (SSSR count). The van der Waals surface area contributed by atoms with E-state index in [1.807, 2.05) is 14.0 Å². The minimum atomic E-state index is -0.165. The number of aliphatic hydroxyl groups excluding tert-OH is 1. The largest absolute Gasteiger partial charge is 0.393 e. The molecule has 0 aromatic rings. The maximum Gasteiger partial charge on any atom is 0.222 e. The molecule has 3 aliphatic carbocycles. The lowest BCUT2D eigenvalue weighted by Gasteiger charge is -2.62. The third-order valence-corrected chi connectivity index (χ3v) is 9.21. The summed E-state index contributed by atoms with van der Waals surface area (Å²) >= 11 is 0. The van der Waals surface area contributed by atoms with E-state index in [-0.39, 0.29) is 6.10 Å². The monoisotopic (exact) mass is 333 g/mol. The molecular formula is C21H35NO2. The van der Waals surface area contributed by atoms with Crippen LogP contribution in [0.25, 0.3) is 0 Å². The van der Waals surface area contributed by atoms with Gasteiger partial charge in [-0.2, -0.15) is 0 Å². The highest BCUT2D eigenvalue weighted by Gasteiger charge is 2.61. The molecule has 8 atom stereocenters. The average Bonchev–Trinajstić information content (AvgIpc) is 2.89. The first kappa shape index (κ1) is 16.9. The van der Waals surface area contributed by atoms with Crippen LogP contribution in [0.2, 0.25) is 0 Å². The molecular weight excluding hydrogens is 298 g/mol. The molecule has 4 aliphatic rings. The number of carbonyl (C=O) groups is 1. The number of piperidine rings is 1. The first-order valence-electron chi connectivity index (χ1n) is 10.2. The van der Waals surface area contributed by atoms with Crippen molar-refractivity contribution in [3.8, 4) is 0 Å². The zero-order valence-corrected chi connectivity index (χ0v) is 15.9. The van der Waals surface area contributed by atoms with Gasteiger partial charge in [-0.1, -0.05) is 13.8 Å². The van der Waals surface area contributed by atoms with Gasteiger partial charge in [-0.15, -0.1) is 0 Å². The first-order valence-corrected chi connectivity index (χ1v) is 10.2. The third kappa shape index (κ3) is 2.09. The predicted octanol–water partition coefficient (Wildman–Crippen LogP) is 3.85. The van der Waals surface area contributed by atoms with Crippen LogP contribution in [-0.4, -0.2) is 35.1 Å². The van der Waals surface area contributed by atoms with Crippen molar-refractivity contribution in [3.63, 3.8) is 0 Å². The minimum Gasteiger partial charge on any atom is -0.393 e. The zero-order chi connectivity index (χ0) is 17.3. The van der Waals surface area contributed by atoms with Crippen molar-refractivity contribution in [2.45, 2.75) is 84.3 Å². The number of hydrogen-bond donors (Lipinski definition) is 1. The highest BCUT2D eigenvalue weighted by atomic mass is 16.3. The minimum absolute atomic E-state index is 0.165. The lowest BCUT2D eigenvalue weighted by atomic mass is 9.46. The van der Waals surface area contributed by atoms with Gasteiger partial charge in [0.1, 0.15) is 0 Å². The van der Waals surface area contributed by atoms with Gasteiger partial charge in [0.05, 0.1) is 6.10 Å². The molecule has 1 heterocycles. The number of rotatable bonds is 1. The van der Waals surface area contributed by atoms with Crippen molar-refractivity contribution >= 4 is 5.91 Å². The van der Waals surface area contributed by atoms with Crippen LogP contribution in [0.4, 0.5) is 0 Å². The van der Waals surface area contributed by atoms with Crippen molar-refractivity contribution in [1.82, 2.24) is 4.90 Å². The van der Waals surface area contributed by atoms with Crippen LogP contribution >= 0.6 is 0 Å². The standard InChI is InChI=1S/C21H35NO2/c1-13(23)15-6-7-16-14-5-8-18-21(3,12-10-19(24)22(18)4)17(14)9-11-20(15,16)2/h13-18,23H,5-12H2,1-4H3/t13?,14?,15-,16?,17?,18?,20-,21-/m1/s1. The van der Waals surface area contributed by atoms with E-state index in [0.29, 0.717) is 28.7 Å². The molecule has 0 aromatic heterocycles. The summed E-state index contributed by atoms with van der Waals surface area (Å²) in [6, 6.07) is 0.457. The number of carbonyl (C=O) groups excluding carboxylic acids is 1. The van der Waals surface area contributed by atoms with Crippen LogP contribution in [0.5, 0.6) is 0 Å². The van der Waals surface area contributed by atoms with E-state index in [1.54, 1.807) is 0 Å². The van der Waals surface area contributed by atoms with Gasteiger partial charge >= 0.3 is 0 Å². The quantitative estimate of drug-likeness (QED) is 0.792. The van der Waals surface area contributed by atoms with Crippen LogP contribution in [-0.2, 0) is 4.79 Å². The van der Waals surface area contributed by atoms with Crippen LogP contribution in [0.1, 0.15) is 72.1 Å². The molecule has 1 saturated heterocycles. The van der Waals surface area contributed by atoms with Crippen LogP contribution in [0, 0.1) is 34.5 Å². The molecule has 3 heteroatoms. The number of hydrogen-bond acceptors (Lipinski definition) is 2. The van der Waals surface area contributed by atoms with E-state index in [4.69, 9.17) is 0 Å². The molecule has 3 saturated carbocycles. The van der Waals surface area contributed by atoms with Crippen LogP contribution in [0.3, 0.4) is 0 Å². The van der Waals surface area contributed by atoms with Crippen LogP contribution < -0.4 is 0 Å². The van der Waals surface area contributed by atoms with Crippen molar-refractivity contribution in [1.29, 1.82) is 0 Å². The molecule has 5 unspecified atom stereocenters. The molecule has 136 valence electrons. The maximum absolute atomic E-state index is 12.2. The van der Waals surface area contributed by atoms with Crippen molar-refractivity contribution in [3.05, 3.63) is 0 Å². The summed E-state index contributed by atoms with van der Waals surface area (Å²) in [5.41, 5.74) is 0.657. The fourth-order valence-electron chi connectivity index (χ4n) is 7.98. The smallest absolute Gasteiger partial charge is 0.222 e. The van der Waals surface area contributed by atoms with Gasteiger partial charge in [0.2, 0.25) is 5.91 Å². The lowest BCUT2D eigenvalue weighted by molar-refractivity contribution is -0.159. The summed E-state index contributed by atoms with van der Waals surface area (Å²) in [6.45, 7) is 6.97. The second-order valence-corrected chi connectivity index (χ2v) is 9.95. The van der Waals surface area contributed by atoms with E-state index >= 15 is 0 Å². The summed E-state index contributed by atoms with van der Waals surface area (Å²) in [4.78, 5) is 14.3. The molecule has 24 heavy (non-hydrogen) atoms. The van der Waals surface area contributed by atoms with Crippen molar-refractivity contribution in [2.24, 2.45) is 34.5 Å². The predicted molar refractivity (Wildman–Crippen MR) is 95.3 cm³/mol. The Balaban J connectivity index is 1.63. The van der Waals surface area contributed by atoms with E-state index in [9.17, 15) is 9.90 Å². The highest BCUT2D eigenvalue weighted by Crippen LogP contribution is 2.66. The third-order valence-electron chi connectivity index (χ3n) is 9.21. The molecule has 0 bridgehead atoms. The molecule has 0 radical (unpaired) electrons. The van der Waals surface area contributed by atoms with E-state index in [2.05, 4.69) is 18.7 Å². The highest BCUT2D eigenvalue weighted by molar-refractivity contribution is 5.77. The SMILES string of the molecule is CC(O)[C@H]1CCC2C3CCC4N(C)C(=O)CC[C@]4(C)C3CC[C@@]21C. The molecule has 1 N–H and O–H groups in total. The second kappa shape index (κ2) is 5.46. The van der Waals surface area contributed by atoms with E-state index < -0.39 is 0 Å². The Morgan fingerprint density at radius 2 is 1.75 bits per heavy atom. The Morgan fingerprint density at radius 3 is 2.46 bits per heavy atom. The second-order valence-electron chi connectivity index (χ2n) is 9.95. The van der Waals surface area contributed by atoms with Crippen LogP contribution in [0.15, 0.2) is 0 Å². The van der Waals surface area contributed by atoms with Crippen molar-refractivity contribution < 1.29 is 9.90 Å². The normalized spacial score (nSPS) is 52.5. The van der Waals surface area contributed by atoms with Gasteiger partial charge in [0.25, 0.3) is 0 Å². The fraction of sp³-hybridized carbons (Fsp3) is 0.952. The summed E-state index contributed by atoms with van der Waals surface area (Å²) in [7, 11) is 2.04. The molecule has 1 amide bonds. The Hall–Kier alpha value is -0.570. The van der Waals surface area contributed by atoms with Crippen molar-refractivity contribution in [2.75, 3.05) is 7.05 Å². The van der Waals surface area contributed by atoms with Gasteiger partial charge < -0.3 is 10.0 Å². The number of amides is 1. The summed E-state index contributed by atoms with van der Waals surface area (Å²) in [5.74, 6) is 3.22. The molecule has 0 spiro atoms. The Labute approximate surface area is 147 Å². The van der Waals surface area contributed by atoms with Gasteiger partial charge in [0.15, 0.2) is 0 Å². The number of aliphatic hydroxyl groups is 1. The summed E-state index contributed by atoms with van der Waals surface area (Å²) in [5, 5.41) is 10.3. The van der Waals surface area contributed by atoms with E-state index in [0.717, 1.165) is 30.6 Å². The summed E-state index contributed by atoms with van der Waals surface area (Å²) < 4.78 is 0. The summed E-state index contributed by atoms with van der Waals surface area (Å²) in [6.07, 6.45) is 9.23. The molecule has 0 aromatic carbocycles. The molecule has 3 nitrogen and oxygen atoms in total. The average molecular weight is 334 g/mol. The Bertz CT molecular complexity index is 532. The Morgan fingerprint density at radius 1 is 1.04 bits per heavy atom. The van der Waals surface area contributed by atoms with Gasteiger partial charge in [-0.3, -0.25) is 4.79 Å². The van der Waals surface area contributed by atoms with Gasteiger partial charge in [0, 0.05) is 19.5 Å². The molecule has 4 fully saturated rings. The molecule has 1 aliphatic heterocycles. The van der Waals surface area contributed by atoms with Gasteiger partial charge in [-0.05, 0) is 86.4 Å². The topological polar surface area (TPSA) is 40.5 Å². The van der Waals surface area contributed by atoms with E-state index in [1.165, 1.54) is 38.5 Å². The van der Waals surface area contributed by atoms with Gasteiger partial charge in [-0.25, -0.2) is 0 Å². The number of fused-ring (bicyclic) bond motifs is 5. The lowest BCUT2D eigenvalue weighted by Crippen LogP contribution is -2.61. The maximum atomic E-state index is 12.2. The first-order chi connectivity index (χ1) is 11.3. The Kier molecular flexibility index (Phi) is 3.84.